The van der Waals surface area contributed by atoms with Crippen molar-refractivity contribution in [2.24, 2.45) is 0 Å². The first-order valence-electron chi connectivity index (χ1n) is 7.39. The van der Waals surface area contributed by atoms with E-state index < -0.39 is 18.1 Å². The third-order valence-corrected chi connectivity index (χ3v) is 3.37. The Morgan fingerprint density at radius 2 is 1.68 bits per heavy atom. The topological polar surface area (TPSA) is 58.6 Å². The first-order valence-corrected chi connectivity index (χ1v) is 7.39. The van der Waals surface area contributed by atoms with E-state index in [1.165, 1.54) is 0 Å². The molecule has 0 amide bonds. The van der Waals surface area contributed by atoms with Crippen molar-refractivity contribution in [2.75, 3.05) is 6.61 Å². The van der Waals surface area contributed by atoms with Gasteiger partial charge in [-0.1, -0.05) is 60.7 Å². The Labute approximate surface area is 130 Å². The van der Waals surface area contributed by atoms with Crippen molar-refractivity contribution >= 4 is 5.97 Å². The van der Waals surface area contributed by atoms with Crippen LogP contribution in [0.5, 0.6) is 0 Å². The van der Waals surface area contributed by atoms with E-state index in [0.29, 0.717) is 6.54 Å². The highest BCUT2D eigenvalue weighted by Gasteiger charge is 2.28. The highest BCUT2D eigenvalue weighted by Crippen LogP contribution is 2.19. The lowest BCUT2D eigenvalue weighted by molar-refractivity contribution is -0.154. The summed E-state index contributed by atoms with van der Waals surface area (Å²) in [5, 5.41) is 13.5. The van der Waals surface area contributed by atoms with E-state index in [4.69, 9.17) is 4.74 Å². The standard InChI is InChI=1S/C18H21NO3/c1-2-22-18(21)17(20)16(15-11-7-4-8-12-15)19-13-14-9-5-3-6-10-14/h3-12,16-17,19-20H,2,13H2,1H3. The molecule has 0 saturated heterocycles. The van der Waals surface area contributed by atoms with Crippen molar-refractivity contribution in [3.63, 3.8) is 0 Å². The largest absolute Gasteiger partial charge is 0.464 e. The molecule has 2 aromatic rings. The Morgan fingerprint density at radius 1 is 1.09 bits per heavy atom. The minimum atomic E-state index is -1.24. The number of aliphatic hydroxyl groups is 1. The van der Waals surface area contributed by atoms with Gasteiger partial charge in [0.05, 0.1) is 12.6 Å². The SMILES string of the molecule is CCOC(=O)C(O)C(NCc1ccccc1)c1ccccc1. The van der Waals surface area contributed by atoms with Gasteiger partial charge in [0.15, 0.2) is 6.10 Å². The fraction of sp³-hybridized carbons (Fsp3) is 0.278. The van der Waals surface area contributed by atoms with Gasteiger partial charge >= 0.3 is 5.97 Å². The molecule has 4 nitrogen and oxygen atoms in total. The van der Waals surface area contributed by atoms with Crippen LogP contribution in [0.25, 0.3) is 0 Å². The van der Waals surface area contributed by atoms with Gasteiger partial charge in [0.1, 0.15) is 0 Å². The van der Waals surface area contributed by atoms with Crippen LogP contribution in [0.3, 0.4) is 0 Å². The normalized spacial score (nSPS) is 13.4. The van der Waals surface area contributed by atoms with Crippen molar-refractivity contribution in [1.29, 1.82) is 0 Å². The molecule has 116 valence electrons. The predicted octanol–water partition coefficient (Wildman–Crippen LogP) is 2.44. The number of aliphatic hydroxyl groups excluding tert-OH is 1. The lowest BCUT2D eigenvalue weighted by atomic mass is 10.0. The van der Waals surface area contributed by atoms with Crippen LogP contribution in [-0.2, 0) is 16.1 Å². The van der Waals surface area contributed by atoms with Crippen LogP contribution >= 0.6 is 0 Å². The third-order valence-electron chi connectivity index (χ3n) is 3.37. The van der Waals surface area contributed by atoms with Crippen LogP contribution in [0, 0.1) is 0 Å². The van der Waals surface area contributed by atoms with E-state index in [1.807, 2.05) is 60.7 Å². The number of carbonyl (C=O) groups excluding carboxylic acids is 1. The number of nitrogens with one attached hydrogen (secondary N) is 1. The second kappa shape index (κ2) is 8.32. The van der Waals surface area contributed by atoms with E-state index in [0.717, 1.165) is 11.1 Å². The maximum Gasteiger partial charge on any atom is 0.336 e. The number of hydrogen-bond acceptors (Lipinski definition) is 4. The Bertz CT molecular complexity index is 571. The summed E-state index contributed by atoms with van der Waals surface area (Å²) in [6.45, 7) is 2.52. The van der Waals surface area contributed by atoms with Crippen molar-refractivity contribution in [3.8, 4) is 0 Å². The van der Waals surface area contributed by atoms with Crippen LogP contribution in [0.2, 0.25) is 0 Å². The van der Waals surface area contributed by atoms with Gasteiger partial charge in [-0.25, -0.2) is 4.79 Å². The zero-order valence-electron chi connectivity index (χ0n) is 12.6. The van der Waals surface area contributed by atoms with Gasteiger partial charge in [0.2, 0.25) is 0 Å². The van der Waals surface area contributed by atoms with E-state index in [1.54, 1.807) is 6.92 Å². The number of carbonyl (C=O) groups is 1. The Morgan fingerprint density at radius 3 is 2.27 bits per heavy atom. The number of ether oxygens (including phenoxy) is 1. The lowest BCUT2D eigenvalue weighted by Gasteiger charge is -2.23. The van der Waals surface area contributed by atoms with Gasteiger partial charge in [0, 0.05) is 6.54 Å². The number of benzene rings is 2. The maximum absolute atomic E-state index is 11.9. The van der Waals surface area contributed by atoms with Crippen LogP contribution in [0.4, 0.5) is 0 Å². The Kier molecular flexibility index (Phi) is 6.13. The second-order valence-electron chi connectivity index (χ2n) is 4.95. The molecule has 2 atom stereocenters. The van der Waals surface area contributed by atoms with Crippen molar-refractivity contribution in [3.05, 3.63) is 71.8 Å². The van der Waals surface area contributed by atoms with Crippen molar-refractivity contribution < 1.29 is 14.6 Å². The molecule has 2 N–H and O–H groups in total. The molecule has 2 unspecified atom stereocenters. The maximum atomic E-state index is 11.9. The molecule has 0 spiro atoms. The summed E-state index contributed by atoms with van der Waals surface area (Å²) in [4.78, 5) is 11.9. The third kappa shape index (κ3) is 4.41. The van der Waals surface area contributed by atoms with E-state index in [2.05, 4.69) is 5.32 Å². The highest BCUT2D eigenvalue weighted by atomic mass is 16.5. The van der Waals surface area contributed by atoms with E-state index in [9.17, 15) is 9.90 Å². The number of esters is 1. The smallest absolute Gasteiger partial charge is 0.336 e. The summed E-state index contributed by atoms with van der Waals surface area (Å²) >= 11 is 0. The summed E-state index contributed by atoms with van der Waals surface area (Å²) < 4.78 is 4.93. The van der Waals surface area contributed by atoms with Crippen LogP contribution in [-0.4, -0.2) is 23.8 Å². The molecule has 0 heterocycles. The van der Waals surface area contributed by atoms with Gasteiger partial charge in [-0.2, -0.15) is 0 Å². The highest BCUT2D eigenvalue weighted by molar-refractivity contribution is 5.75. The van der Waals surface area contributed by atoms with Gasteiger partial charge in [-0.15, -0.1) is 0 Å². The fourth-order valence-electron chi connectivity index (χ4n) is 2.26. The summed E-state index contributed by atoms with van der Waals surface area (Å²) in [5.41, 5.74) is 1.93. The average molecular weight is 299 g/mol. The minimum Gasteiger partial charge on any atom is -0.464 e. The molecule has 22 heavy (non-hydrogen) atoms. The summed E-state index contributed by atoms with van der Waals surface area (Å²) in [6.07, 6.45) is -1.24. The molecule has 4 heteroatoms. The minimum absolute atomic E-state index is 0.246. The van der Waals surface area contributed by atoms with Gasteiger partial charge < -0.3 is 15.2 Å². The van der Waals surface area contributed by atoms with Crippen LogP contribution in [0.15, 0.2) is 60.7 Å². The molecule has 0 radical (unpaired) electrons. The quantitative estimate of drug-likeness (QED) is 0.771. The summed E-state index contributed by atoms with van der Waals surface area (Å²) in [6, 6.07) is 18.7. The predicted molar refractivity (Wildman–Crippen MR) is 85.1 cm³/mol. The Hall–Kier alpha value is -2.17. The molecule has 0 aliphatic carbocycles. The van der Waals surface area contributed by atoms with Crippen molar-refractivity contribution in [1.82, 2.24) is 5.32 Å². The molecule has 2 rings (SSSR count). The zero-order chi connectivity index (χ0) is 15.8. The fourth-order valence-corrected chi connectivity index (χ4v) is 2.26. The molecule has 0 fully saturated rings. The molecule has 0 bridgehead atoms. The van der Waals surface area contributed by atoms with Gasteiger partial charge in [0.25, 0.3) is 0 Å². The number of hydrogen-bond donors (Lipinski definition) is 2. The number of rotatable bonds is 7. The van der Waals surface area contributed by atoms with Crippen LogP contribution < -0.4 is 5.32 Å². The lowest BCUT2D eigenvalue weighted by Crippen LogP contribution is -2.38. The zero-order valence-corrected chi connectivity index (χ0v) is 12.6. The molecule has 2 aromatic carbocycles. The average Bonchev–Trinajstić information content (AvgIpc) is 2.57. The van der Waals surface area contributed by atoms with Crippen LogP contribution in [0.1, 0.15) is 24.1 Å². The summed E-state index contributed by atoms with van der Waals surface area (Å²) in [7, 11) is 0. The molecular weight excluding hydrogens is 278 g/mol. The monoisotopic (exact) mass is 299 g/mol. The second-order valence-corrected chi connectivity index (χ2v) is 4.95. The molecule has 0 saturated carbocycles. The Balaban J connectivity index is 2.13. The first-order chi connectivity index (χ1) is 10.7. The van der Waals surface area contributed by atoms with Crippen molar-refractivity contribution in [2.45, 2.75) is 25.6 Å². The van der Waals surface area contributed by atoms with E-state index in [-0.39, 0.29) is 6.61 Å². The molecular formula is C18H21NO3. The summed E-state index contributed by atoms with van der Waals surface area (Å²) in [5.74, 6) is -0.614. The first kappa shape index (κ1) is 16.2. The molecule has 0 aromatic heterocycles. The molecule has 0 aliphatic heterocycles. The van der Waals surface area contributed by atoms with Gasteiger partial charge in [-0.05, 0) is 18.1 Å². The molecule has 0 aliphatic rings. The van der Waals surface area contributed by atoms with Gasteiger partial charge in [-0.3, -0.25) is 0 Å². The van der Waals surface area contributed by atoms with E-state index >= 15 is 0 Å².